The smallest absolute Gasteiger partial charge is 0.172 e. The topological polar surface area (TPSA) is 57.5 Å². The second-order valence-electron chi connectivity index (χ2n) is 11.1. The minimum atomic E-state index is -0.632. The van der Waals surface area contributed by atoms with Gasteiger partial charge in [0, 0.05) is 12.8 Å². The molecule has 3 aliphatic rings. The van der Waals surface area contributed by atoms with Gasteiger partial charge >= 0.3 is 0 Å². The van der Waals surface area contributed by atoms with Crippen LogP contribution in [0.4, 0.5) is 0 Å². The van der Waals surface area contributed by atoms with E-state index in [1.807, 2.05) is 13.0 Å². The number of fused-ring (bicyclic) bond motifs is 1. The first kappa shape index (κ1) is 24.6. The van der Waals surface area contributed by atoms with Gasteiger partial charge in [-0.15, -0.1) is 11.3 Å². The second kappa shape index (κ2) is 10.0. The number of aryl methyl sites for hydroxylation is 1. The first-order valence-corrected chi connectivity index (χ1v) is 13.6. The number of carbonyl (C=O) groups is 1. The van der Waals surface area contributed by atoms with Crippen LogP contribution in [0.5, 0.6) is 0 Å². The standard InChI is InChI=1S/C29H40O3S/c1-18-14-28(33-17-18)26(31)12-7-19(2)24-10-11-25-21(6-5-13-29(24,25)4)8-9-22-15-23(30)16-27(32)20(22)3/h8-9,14,17,19,23-25,27,30,32H,3,5-7,10-13,15-16H2,1-2,4H3/b21-8+,22-9-/t19-,23-,24-,25+,27+,29-/m1/s1. The van der Waals surface area contributed by atoms with Crippen molar-refractivity contribution in [1.29, 1.82) is 0 Å². The summed E-state index contributed by atoms with van der Waals surface area (Å²) in [6.07, 6.45) is 12.0. The Labute approximate surface area is 203 Å². The number of allylic oxidation sites excluding steroid dienone is 3. The molecule has 3 fully saturated rings. The van der Waals surface area contributed by atoms with E-state index in [1.165, 1.54) is 36.8 Å². The summed E-state index contributed by atoms with van der Waals surface area (Å²) in [6, 6.07) is 2.02. The molecule has 0 aromatic carbocycles. The van der Waals surface area contributed by atoms with Crippen LogP contribution in [0.1, 0.15) is 86.9 Å². The molecule has 33 heavy (non-hydrogen) atoms. The number of aliphatic hydroxyl groups is 2. The van der Waals surface area contributed by atoms with Gasteiger partial charge in [-0.1, -0.05) is 38.2 Å². The van der Waals surface area contributed by atoms with E-state index in [1.54, 1.807) is 11.3 Å². The van der Waals surface area contributed by atoms with E-state index in [4.69, 9.17) is 0 Å². The molecule has 2 N–H and O–H groups in total. The molecule has 0 aliphatic heterocycles. The summed E-state index contributed by atoms with van der Waals surface area (Å²) in [7, 11) is 0. The Balaban J connectivity index is 1.43. The lowest BCUT2D eigenvalue weighted by Crippen LogP contribution is -2.36. The molecular weight excluding hydrogens is 428 g/mol. The minimum absolute atomic E-state index is 0.299. The molecule has 0 spiro atoms. The minimum Gasteiger partial charge on any atom is -0.393 e. The average molecular weight is 469 g/mol. The highest BCUT2D eigenvalue weighted by Gasteiger charge is 2.50. The zero-order valence-electron chi connectivity index (χ0n) is 20.5. The van der Waals surface area contributed by atoms with Crippen molar-refractivity contribution in [2.75, 3.05) is 0 Å². The van der Waals surface area contributed by atoms with E-state index in [0.717, 1.165) is 28.9 Å². The highest BCUT2D eigenvalue weighted by molar-refractivity contribution is 7.12. The van der Waals surface area contributed by atoms with Crippen molar-refractivity contribution in [2.45, 2.75) is 90.8 Å². The number of ketones is 1. The fourth-order valence-corrected chi connectivity index (χ4v) is 7.81. The summed E-state index contributed by atoms with van der Waals surface area (Å²) < 4.78 is 0. The predicted octanol–water partition coefficient (Wildman–Crippen LogP) is 6.80. The Kier molecular flexibility index (Phi) is 7.47. The summed E-state index contributed by atoms with van der Waals surface area (Å²) in [5.41, 5.74) is 4.76. The number of aliphatic hydroxyl groups excluding tert-OH is 2. The summed E-state index contributed by atoms with van der Waals surface area (Å²) in [5, 5.41) is 22.3. The fourth-order valence-electron chi connectivity index (χ4n) is 6.94. The van der Waals surface area contributed by atoms with Crippen LogP contribution in [0, 0.1) is 30.1 Å². The number of carbonyl (C=O) groups excluding carboxylic acids is 1. The van der Waals surface area contributed by atoms with Crippen molar-refractivity contribution < 1.29 is 15.0 Å². The molecule has 4 rings (SSSR count). The van der Waals surface area contributed by atoms with Gasteiger partial charge < -0.3 is 10.2 Å². The van der Waals surface area contributed by atoms with E-state index in [9.17, 15) is 15.0 Å². The van der Waals surface area contributed by atoms with Crippen LogP contribution in [-0.4, -0.2) is 28.2 Å². The fraction of sp³-hybridized carbons (Fsp3) is 0.621. The largest absolute Gasteiger partial charge is 0.393 e. The van der Waals surface area contributed by atoms with E-state index in [0.29, 0.717) is 48.2 Å². The summed E-state index contributed by atoms with van der Waals surface area (Å²) in [4.78, 5) is 13.6. The number of Topliss-reactive ketones (excluding diaryl/α,β-unsaturated/α-hetero) is 1. The third kappa shape index (κ3) is 5.13. The third-order valence-electron chi connectivity index (χ3n) is 8.82. The van der Waals surface area contributed by atoms with Crippen molar-refractivity contribution in [3.05, 3.63) is 57.3 Å². The molecule has 3 aliphatic carbocycles. The molecule has 0 unspecified atom stereocenters. The Bertz CT molecular complexity index is 954. The summed E-state index contributed by atoms with van der Waals surface area (Å²) in [6.45, 7) is 11.0. The highest BCUT2D eigenvalue weighted by atomic mass is 32.1. The molecule has 3 saturated carbocycles. The monoisotopic (exact) mass is 468 g/mol. The molecule has 1 aromatic rings. The molecule has 180 valence electrons. The highest BCUT2D eigenvalue weighted by Crippen LogP contribution is 2.59. The van der Waals surface area contributed by atoms with Crippen molar-refractivity contribution in [3.63, 3.8) is 0 Å². The molecule has 0 saturated heterocycles. The number of hydrogen-bond donors (Lipinski definition) is 2. The number of thiophene rings is 1. The maximum atomic E-state index is 12.7. The van der Waals surface area contributed by atoms with Crippen molar-refractivity contribution in [3.8, 4) is 0 Å². The maximum absolute atomic E-state index is 12.7. The Morgan fingerprint density at radius 2 is 2.12 bits per heavy atom. The quantitative estimate of drug-likeness (QED) is 0.452. The molecular formula is C29H40O3S. The van der Waals surface area contributed by atoms with Gasteiger partial charge in [-0.05, 0) is 103 Å². The molecule has 3 nitrogen and oxygen atoms in total. The first-order valence-electron chi connectivity index (χ1n) is 12.7. The maximum Gasteiger partial charge on any atom is 0.172 e. The average Bonchev–Trinajstić information content (AvgIpc) is 3.36. The van der Waals surface area contributed by atoms with Gasteiger partial charge in [0.1, 0.15) is 0 Å². The zero-order valence-corrected chi connectivity index (χ0v) is 21.3. The van der Waals surface area contributed by atoms with Gasteiger partial charge in [0.2, 0.25) is 0 Å². The molecule has 0 bridgehead atoms. The zero-order chi connectivity index (χ0) is 23.8. The van der Waals surface area contributed by atoms with Crippen molar-refractivity contribution in [1.82, 2.24) is 0 Å². The number of rotatable bonds is 6. The van der Waals surface area contributed by atoms with Gasteiger partial charge in [0.25, 0.3) is 0 Å². The van der Waals surface area contributed by atoms with E-state index in [-0.39, 0.29) is 0 Å². The second-order valence-corrected chi connectivity index (χ2v) is 12.0. The summed E-state index contributed by atoms with van der Waals surface area (Å²) in [5.74, 6) is 2.10. The Hall–Kier alpha value is -1.49. The molecule has 1 heterocycles. The van der Waals surface area contributed by atoms with E-state index < -0.39 is 12.2 Å². The van der Waals surface area contributed by atoms with Crippen LogP contribution in [0.25, 0.3) is 0 Å². The van der Waals surface area contributed by atoms with Crippen LogP contribution < -0.4 is 0 Å². The van der Waals surface area contributed by atoms with E-state index in [2.05, 4.69) is 38.0 Å². The predicted molar refractivity (Wildman–Crippen MR) is 137 cm³/mol. The third-order valence-corrected chi connectivity index (χ3v) is 9.91. The summed E-state index contributed by atoms with van der Waals surface area (Å²) >= 11 is 1.58. The lowest BCUT2D eigenvalue weighted by Gasteiger charge is -2.44. The molecule has 0 amide bonds. The van der Waals surface area contributed by atoms with Crippen LogP contribution >= 0.6 is 11.3 Å². The van der Waals surface area contributed by atoms with Crippen LogP contribution in [0.3, 0.4) is 0 Å². The Morgan fingerprint density at radius 3 is 2.85 bits per heavy atom. The molecule has 4 heteroatoms. The van der Waals surface area contributed by atoms with Crippen LogP contribution in [-0.2, 0) is 0 Å². The van der Waals surface area contributed by atoms with Gasteiger partial charge in [-0.25, -0.2) is 0 Å². The van der Waals surface area contributed by atoms with Gasteiger partial charge in [0.05, 0.1) is 17.1 Å². The lowest BCUT2D eigenvalue weighted by molar-refractivity contribution is 0.0856. The first-order chi connectivity index (χ1) is 15.7. The van der Waals surface area contributed by atoms with Crippen LogP contribution in [0.15, 0.2) is 46.9 Å². The van der Waals surface area contributed by atoms with E-state index >= 15 is 0 Å². The Morgan fingerprint density at radius 1 is 1.33 bits per heavy atom. The molecule has 1 aromatic heterocycles. The number of hydrogen-bond acceptors (Lipinski definition) is 4. The molecule has 6 atom stereocenters. The van der Waals surface area contributed by atoms with Crippen LogP contribution in [0.2, 0.25) is 0 Å². The van der Waals surface area contributed by atoms with Crippen molar-refractivity contribution >= 4 is 17.1 Å². The normalized spacial score (nSPS) is 35.7. The van der Waals surface area contributed by atoms with Gasteiger partial charge in [-0.3, -0.25) is 4.79 Å². The lowest BCUT2D eigenvalue weighted by atomic mass is 9.60. The van der Waals surface area contributed by atoms with Gasteiger partial charge in [-0.2, -0.15) is 0 Å². The molecule has 0 radical (unpaired) electrons. The van der Waals surface area contributed by atoms with Crippen molar-refractivity contribution in [2.24, 2.45) is 23.2 Å². The van der Waals surface area contributed by atoms with Gasteiger partial charge in [0.15, 0.2) is 5.78 Å². The SMILES string of the molecule is C=C1/C(=C\C=C2/CCC[C@]3(C)[C@@H]([C@H](C)CCC(=O)c4cc(C)cs4)CC[C@@H]23)C[C@@H](O)C[C@@H]1O.